The smallest absolute Gasteiger partial charge is 0.253 e. The van der Waals surface area contributed by atoms with Crippen LogP contribution in [0.25, 0.3) is 11.1 Å². The van der Waals surface area contributed by atoms with Gasteiger partial charge in [-0.3, -0.25) is 19.3 Å². The molecule has 3 aromatic rings. The summed E-state index contributed by atoms with van der Waals surface area (Å²) >= 11 is 0. The van der Waals surface area contributed by atoms with E-state index >= 15 is 0 Å². The number of nitrogens with zero attached hydrogens (tertiary/aromatic N) is 3. The lowest BCUT2D eigenvalue weighted by atomic mass is 9.95. The fourth-order valence-electron chi connectivity index (χ4n) is 6.91. The van der Waals surface area contributed by atoms with Crippen LogP contribution < -0.4 is 15.8 Å². The number of anilines is 1. The first kappa shape index (κ1) is 32.6. The molecule has 0 bridgehead atoms. The fraction of sp³-hybridized carbons (Fsp3) is 0.486. The first-order valence-electron chi connectivity index (χ1n) is 16.7. The van der Waals surface area contributed by atoms with Crippen LogP contribution in [-0.4, -0.2) is 65.9 Å². The molecule has 0 unspecified atom stereocenters. The number of likely N-dealkylation sites (N-methyl/N-ethyl adjacent to an activating group) is 1. The van der Waals surface area contributed by atoms with Gasteiger partial charge in [-0.2, -0.15) is 0 Å². The molecule has 0 atom stereocenters. The van der Waals surface area contributed by atoms with Crippen molar-refractivity contribution >= 4 is 17.5 Å². The molecule has 8 nitrogen and oxygen atoms in total. The molecule has 5 rings (SSSR count). The van der Waals surface area contributed by atoms with Crippen molar-refractivity contribution in [1.29, 1.82) is 0 Å². The molecule has 240 valence electrons. The van der Waals surface area contributed by atoms with Gasteiger partial charge in [0.2, 0.25) is 5.91 Å². The summed E-state index contributed by atoms with van der Waals surface area (Å²) < 4.78 is 0. The van der Waals surface area contributed by atoms with Crippen molar-refractivity contribution in [3.05, 3.63) is 86.3 Å². The highest BCUT2D eigenvalue weighted by Gasteiger charge is 2.29. The molecule has 2 aliphatic rings. The number of benzene rings is 2. The normalized spacial score (nSPS) is 16.2. The number of carbonyl (C=O) groups is 2. The molecule has 1 saturated heterocycles. The monoisotopic (exact) mass is 611 g/mol. The highest BCUT2D eigenvalue weighted by atomic mass is 16.2. The summed E-state index contributed by atoms with van der Waals surface area (Å²) in [6, 6.07) is 14.5. The van der Waals surface area contributed by atoms with Gasteiger partial charge in [0.25, 0.3) is 11.5 Å². The molecule has 0 radical (unpaired) electrons. The second-order valence-corrected chi connectivity index (χ2v) is 12.8. The number of hydrogen-bond donors (Lipinski definition) is 2. The summed E-state index contributed by atoms with van der Waals surface area (Å²) in [6.45, 7) is 16.9. The van der Waals surface area contributed by atoms with Crippen LogP contribution in [-0.2, 0) is 17.9 Å². The molecule has 45 heavy (non-hydrogen) atoms. The zero-order chi connectivity index (χ0) is 32.1. The van der Waals surface area contributed by atoms with Crippen molar-refractivity contribution in [1.82, 2.24) is 20.1 Å². The predicted molar refractivity (Wildman–Crippen MR) is 182 cm³/mol. The Labute approximate surface area is 267 Å². The summed E-state index contributed by atoms with van der Waals surface area (Å²) in [5, 5.41) is 2.99. The number of H-pyrrole nitrogens is 1. The molecule has 1 aliphatic carbocycles. The van der Waals surface area contributed by atoms with Gasteiger partial charge in [-0.15, -0.1) is 0 Å². The summed E-state index contributed by atoms with van der Waals surface area (Å²) in [5.74, 6) is -0.0934. The van der Waals surface area contributed by atoms with Crippen LogP contribution in [0.5, 0.6) is 0 Å². The van der Waals surface area contributed by atoms with Gasteiger partial charge in [0.1, 0.15) is 0 Å². The molecule has 1 aliphatic heterocycles. The van der Waals surface area contributed by atoms with Crippen LogP contribution in [0.4, 0.5) is 5.69 Å². The van der Waals surface area contributed by atoms with Crippen molar-refractivity contribution < 1.29 is 9.59 Å². The summed E-state index contributed by atoms with van der Waals surface area (Å²) in [6.07, 6.45) is 4.00. The maximum absolute atomic E-state index is 13.8. The van der Waals surface area contributed by atoms with Crippen LogP contribution >= 0.6 is 0 Å². The van der Waals surface area contributed by atoms with E-state index in [1.807, 2.05) is 44.7 Å². The average molecular weight is 612 g/mol. The molecule has 8 heteroatoms. The van der Waals surface area contributed by atoms with E-state index in [9.17, 15) is 14.4 Å². The van der Waals surface area contributed by atoms with Crippen molar-refractivity contribution in [2.24, 2.45) is 5.92 Å². The minimum atomic E-state index is -0.262. The SMILES string of the molecule is CCN1CCN(Cc2ccc(-c3cc(C(=O)NCc4c(C)cc(C)[nH]c4=O)c(C)c(N(CC)C(=O)C4CCCC4)c3)cc2)CC1. The Morgan fingerprint density at radius 3 is 2.20 bits per heavy atom. The van der Waals surface area contributed by atoms with Crippen LogP contribution in [0.2, 0.25) is 0 Å². The number of aromatic amines is 1. The Morgan fingerprint density at radius 1 is 0.911 bits per heavy atom. The first-order valence-corrected chi connectivity index (χ1v) is 16.7. The second kappa shape index (κ2) is 14.6. The largest absolute Gasteiger partial charge is 0.348 e. The third kappa shape index (κ3) is 7.56. The number of rotatable bonds is 10. The number of hydrogen-bond acceptors (Lipinski definition) is 5. The molecule has 2 amide bonds. The predicted octanol–water partition coefficient (Wildman–Crippen LogP) is 5.58. The standard InChI is InChI=1S/C37H49N5O3/c1-6-40-16-18-41(19-17-40)24-28-12-14-29(15-13-28)31-21-32(35(43)38-23-33-25(3)20-26(4)39-36(33)44)27(5)34(22-31)42(7-2)37(45)30-10-8-9-11-30/h12-15,20-22,30H,6-11,16-19,23-24H2,1-5H3,(H,38,43)(H,39,44). The number of carbonyl (C=O) groups excluding carboxylic acids is 2. The molecule has 0 spiro atoms. The van der Waals surface area contributed by atoms with Gasteiger partial charge in [0, 0.05) is 74.2 Å². The Balaban J connectivity index is 1.44. The molecule has 2 aromatic carbocycles. The third-order valence-electron chi connectivity index (χ3n) is 9.73. The number of pyridine rings is 1. The van der Waals surface area contributed by atoms with E-state index in [4.69, 9.17) is 0 Å². The number of piperazine rings is 1. The fourth-order valence-corrected chi connectivity index (χ4v) is 6.91. The van der Waals surface area contributed by atoms with E-state index in [-0.39, 0.29) is 29.8 Å². The van der Waals surface area contributed by atoms with Crippen LogP contribution in [0.1, 0.15) is 77.8 Å². The van der Waals surface area contributed by atoms with E-state index in [0.717, 1.165) is 98.6 Å². The minimum absolute atomic E-state index is 0.0278. The topological polar surface area (TPSA) is 88.8 Å². The Bertz CT molecular complexity index is 1560. The molecular weight excluding hydrogens is 562 g/mol. The zero-order valence-corrected chi connectivity index (χ0v) is 27.7. The van der Waals surface area contributed by atoms with Gasteiger partial charge in [-0.25, -0.2) is 0 Å². The lowest BCUT2D eigenvalue weighted by Gasteiger charge is -2.34. The van der Waals surface area contributed by atoms with Crippen molar-refractivity contribution in [3.63, 3.8) is 0 Å². The van der Waals surface area contributed by atoms with Crippen LogP contribution in [0, 0.1) is 26.7 Å². The van der Waals surface area contributed by atoms with Crippen molar-refractivity contribution in [3.8, 4) is 11.1 Å². The van der Waals surface area contributed by atoms with E-state index in [0.29, 0.717) is 17.7 Å². The van der Waals surface area contributed by atoms with Crippen LogP contribution in [0.15, 0.2) is 47.3 Å². The number of aromatic nitrogens is 1. The zero-order valence-electron chi connectivity index (χ0n) is 27.7. The first-order chi connectivity index (χ1) is 21.7. The molecule has 2 heterocycles. The number of nitrogens with one attached hydrogen (secondary N) is 2. The lowest BCUT2D eigenvalue weighted by molar-refractivity contribution is -0.122. The Hall–Kier alpha value is -3.75. The van der Waals surface area contributed by atoms with Crippen molar-refractivity contribution in [2.75, 3.05) is 44.2 Å². The lowest BCUT2D eigenvalue weighted by Crippen LogP contribution is -2.45. The Morgan fingerprint density at radius 2 is 1.58 bits per heavy atom. The third-order valence-corrected chi connectivity index (χ3v) is 9.73. The summed E-state index contributed by atoms with van der Waals surface area (Å²) in [7, 11) is 0. The molecule has 1 aromatic heterocycles. The maximum Gasteiger partial charge on any atom is 0.253 e. The van der Waals surface area contributed by atoms with Gasteiger partial charge >= 0.3 is 0 Å². The van der Waals surface area contributed by atoms with Crippen molar-refractivity contribution in [2.45, 2.75) is 73.4 Å². The summed E-state index contributed by atoms with van der Waals surface area (Å²) in [4.78, 5) is 49.8. The molecule has 1 saturated carbocycles. The highest BCUT2D eigenvalue weighted by molar-refractivity contribution is 6.02. The molecular formula is C37H49N5O3. The van der Waals surface area contributed by atoms with E-state index < -0.39 is 0 Å². The average Bonchev–Trinajstić information content (AvgIpc) is 3.58. The molecule has 2 fully saturated rings. The number of amides is 2. The van der Waals surface area contributed by atoms with Gasteiger partial charge in [0.05, 0.1) is 0 Å². The number of aryl methyl sites for hydroxylation is 2. The van der Waals surface area contributed by atoms with Gasteiger partial charge in [-0.1, -0.05) is 44.0 Å². The van der Waals surface area contributed by atoms with E-state index in [2.05, 4.69) is 57.4 Å². The van der Waals surface area contributed by atoms with Gasteiger partial charge in [-0.05, 0) is 93.1 Å². The summed E-state index contributed by atoms with van der Waals surface area (Å²) in [5.41, 5.74) is 7.20. The van der Waals surface area contributed by atoms with Crippen LogP contribution in [0.3, 0.4) is 0 Å². The quantitative estimate of drug-likeness (QED) is 0.313. The minimum Gasteiger partial charge on any atom is -0.348 e. The van der Waals surface area contributed by atoms with E-state index in [1.54, 1.807) is 0 Å². The molecule has 2 N–H and O–H groups in total. The highest BCUT2D eigenvalue weighted by Crippen LogP contribution is 2.34. The van der Waals surface area contributed by atoms with Gasteiger partial charge in [0.15, 0.2) is 0 Å². The maximum atomic E-state index is 13.8. The second-order valence-electron chi connectivity index (χ2n) is 12.8. The Kier molecular flexibility index (Phi) is 10.6. The van der Waals surface area contributed by atoms with E-state index in [1.165, 1.54) is 5.56 Å². The van der Waals surface area contributed by atoms with Gasteiger partial charge < -0.3 is 20.1 Å².